The zero-order valence-corrected chi connectivity index (χ0v) is 22.2. The molecule has 0 fully saturated rings. The lowest BCUT2D eigenvalue weighted by atomic mass is 10.1. The van der Waals surface area contributed by atoms with Crippen molar-refractivity contribution in [2.45, 2.75) is 117 Å². The number of nitrogens with one attached hydrogen (secondary N) is 1. The molecule has 0 saturated carbocycles. The summed E-state index contributed by atoms with van der Waals surface area (Å²) in [6.45, 7) is 10.9. The van der Waals surface area contributed by atoms with E-state index < -0.39 is 0 Å². The molecule has 0 bridgehead atoms. The van der Waals surface area contributed by atoms with Crippen LogP contribution in [0.5, 0.6) is 0 Å². The Labute approximate surface area is 192 Å². The fourth-order valence-electron chi connectivity index (χ4n) is 4.36. The van der Waals surface area contributed by atoms with E-state index in [0.717, 1.165) is 11.2 Å². The number of quaternary nitrogens is 2. The van der Waals surface area contributed by atoms with Crippen LogP contribution in [0.15, 0.2) is 0 Å². The second-order valence-corrected chi connectivity index (χ2v) is 11.2. The molecule has 0 rings (SSSR count). The van der Waals surface area contributed by atoms with Gasteiger partial charge in [-0.2, -0.15) is 0 Å². The minimum atomic E-state index is 1.12. The van der Waals surface area contributed by atoms with Crippen molar-refractivity contribution in [1.29, 1.82) is 0 Å². The second kappa shape index (κ2) is 19.6. The molecule has 0 unspecified atom stereocenters. The Balaban J connectivity index is 3.57. The highest BCUT2D eigenvalue weighted by Gasteiger charge is 2.15. The molecule has 0 aromatic carbocycles. The number of hydrogen-bond donors (Lipinski definition) is 1. The van der Waals surface area contributed by atoms with Gasteiger partial charge in [0, 0.05) is 6.54 Å². The van der Waals surface area contributed by atoms with Crippen LogP contribution in [0, 0.1) is 0 Å². The first kappa shape index (κ1) is 29.9. The molecule has 0 aliphatic rings. The van der Waals surface area contributed by atoms with Gasteiger partial charge in [0.15, 0.2) is 0 Å². The van der Waals surface area contributed by atoms with E-state index in [2.05, 4.69) is 47.4 Å². The lowest BCUT2D eigenvalue weighted by molar-refractivity contribution is -0.893. The first-order valence-corrected chi connectivity index (χ1v) is 13.7. The van der Waals surface area contributed by atoms with Crippen LogP contribution >= 0.6 is 0 Å². The SMILES string of the molecule is CCCCCCCCC[N+](C)(C)CCCCNC[N+](C)(C)CCCCCCCCC. The molecule has 0 aliphatic carbocycles. The van der Waals surface area contributed by atoms with Crippen molar-refractivity contribution in [3.8, 4) is 0 Å². The fourth-order valence-corrected chi connectivity index (χ4v) is 4.36. The van der Waals surface area contributed by atoms with Crippen molar-refractivity contribution in [3.63, 3.8) is 0 Å². The van der Waals surface area contributed by atoms with Crippen LogP contribution in [0.25, 0.3) is 0 Å². The van der Waals surface area contributed by atoms with E-state index in [4.69, 9.17) is 0 Å². The van der Waals surface area contributed by atoms with E-state index in [1.165, 1.54) is 133 Å². The first-order valence-electron chi connectivity index (χ1n) is 13.7. The molecule has 182 valence electrons. The van der Waals surface area contributed by atoms with Crippen LogP contribution < -0.4 is 5.32 Å². The highest BCUT2D eigenvalue weighted by Crippen LogP contribution is 2.11. The second-order valence-electron chi connectivity index (χ2n) is 11.2. The third-order valence-corrected chi connectivity index (χ3v) is 6.64. The Hall–Kier alpha value is -0.120. The van der Waals surface area contributed by atoms with Gasteiger partial charge in [-0.05, 0) is 38.5 Å². The Kier molecular flexibility index (Phi) is 19.5. The van der Waals surface area contributed by atoms with Gasteiger partial charge in [-0.25, -0.2) is 0 Å². The van der Waals surface area contributed by atoms with E-state index >= 15 is 0 Å². The minimum Gasteiger partial charge on any atom is -0.328 e. The van der Waals surface area contributed by atoms with Crippen molar-refractivity contribution in [2.75, 3.05) is 61.0 Å². The van der Waals surface area contributed by atoms with E-state index in [1.807, 2.05) is 0 Å². The van der Waals surface area contributed by atoms with Crippen molar-refractivity contribution in [1.82, 2.24) is 5.32 Å². The summed E-state index contributed by atoms with van der Waals surface area (Å²) in [5, 5.41) is 3.72. The average Bonchev–Trinajstić information content (AvgIpc) is 2.69. The van der Waals surface area contributed by atoms with E-state index in [1.54, 1.807) is 0 Å². The van der Waals surface area contributed by atoms with Gasteiger partial charge < -0.3 is 8.97 Å². The number of hydrogen-bond acceptors (Lipinski definition) is 1. The van der Waals surface area contributed by atoms with Gasteiger partial charge in [-0.15, -0.1) is 0 Å². The maximum atomic E-state index is 3.72. The predicted molar refractivity (Wildman–Crippen MR) is 137 cm³/mol. The number of nitrogens with zero attached hydrogens (tertiary/aromatic N) is 2. The van der Waals surface area contributed by atoms with Crippen LogP contribution in [0.1, 0.15) is 117 Å². The zero-order valence-electron chi connectivity index (χ0n) is 22.2. The molecule has 0 heterocycles. The molecule has 0 radical (unpaired) electrons. The topological polar surface area (TPSA) is 12.0 Å². The van der Waals surface area contributed by atoms with E-state index in [-0.39, 0.29) is 0 Å². The Morgan fingerprint density at radius 3 is 1.27 bits per heavy atom. The number of rotatable bonds is 23. The van der Waals surface area contributed by atoms with Gasteiger partial charge in [0.25, 0.3) is 0 Å². The summed E-state index contributed by atoms with van der Waals surface area (Å²) in [5.41, 5.74) is 0. The molecule has 30 heavy (non-hydrogen) atoms. The summed E-state index contributed by atoms with van der Waals surface area (Å²) in [6.07, 6.45) is 22.5. The Bertz CT molecular complexity index is 318. The maximum absolute atomic E-state index is 3.72. The molecule has 0 saturated heterocycles. The smallest absolute Gasteiger partial charge is 0.132 e. The van der Waals surface area contributed by atoms with Crippen LogP contribution in [0.2, 0.25) is 0 Å². The van der Waals surface area contributed by atoms with Gasteiger partial charge in [-0.3, -0.25) is 5.32 Å². The van der Waals surface area contributed by atoms with Crippen molar-refractivity contribution >= 4 is 0 Å². The summed E-state index contributed by atoms with van der Waals surface area (Å²) in [7, 11) is 9.61. The lowest BCUT2D eigenvalue weighted by Gasteiger charge is -2.31. The molecule has 0 aromatic heterocycles. The third-order valence-electron chi connectivity index (χ3n) is 6.64. The summed E-state index contributed by atoms with van der Waals surface area (Å²) in [5.74, 6) is 0. The van der Waals surface area contributed by atoms with Crippen LogP contribution in [0.4, 0.5) is 0 Å². The van der Waals surface area contributed by atoms with Crippen molar-refractivity contribution in [2.24, 2.45) is 0 Å². The monoisotopic (exact) mass is 427 g/mol. The van der Waals surface area contributed by atoms with Gasteiger partial charge in [0.2, 0.25) is 0 Å². The molecular weight excluding hydrogens is 366 g/mol. The summed E-state index contributed by atoms with van der Waals surface area (Å²) >= 11 is 0. The molecule has 3 nitrogen and oxygen atoms in total. The van der Waals surface area contributed by atoms with E-state index in [9.17, 15) is 0 Å². The fraction of sp³-hybridized carbons (Fsp3) is 1.00. The first-order chi connectivity index (χ1) is 14.3. The molecule has 0 amide bonds. The van der Waals surface area contributed by atoms with Gasteiger partial charge in [0.1, 0.15) is 6.67 Å². The highest BCUT2D eigenvalue weighted by molar-refractivity contribution is 4.49. The lowest BCUT2D eigenvalue weighted by Crippen LogP contribution is -2.47. The molecule has 0 aromatic rings. The Morgan fingerprint density at radius 2 is 0.800 bits per heavy atom. The molecule has 0 spiro atoms. The predicted octanol–water partition coefficient (Wildman–Crippen LogP) is 6.97. The normalized spacial score (nSPS) is 12.6. The van der Waals surface area contributed by atoms with Crippen LogP contribution in [-0.4, -0.2) is 70.0 Å². The summed E-state index contributed by atoms with van der Waals surface area (Å²) in [6, 6.07) is 0. The average molecular weight is 428 g/mol. The van der Waals surface area contributed by atoms with Crippen molar-refractivity contribution < 1.29 is 8.97 Å². The van der Waals surface area contributed by atoms with Crippen LogP contribution in [-0.2, 0) is 0 Å². The highest BCUT2D eigenvalue weighted by atomic mass is 15.4. The summed E-state index contributed by atoms with van der Waals surface area (Å²) < 4.78 is 2.32. The van der Waals surface area contributed by atoms with E-state index in [0.29, 0.717) is 0 Å². The molecule has 1 N–H and O–H groups in total. The number of unbranched alkanes of at least 4 members (excludes halogenated alkanes) is 13. The van der Waals surface area contributed by atoms with Crippen molar-refractivity contribution in [3.05, 3.63) is 0 Å². The zero-order chi connectivity index (χ0) is 22.6. The van der Waals surface area contributed by atoms with Gasteiger partial charge >= 0.3 is 0 Å². The van der Waals surface area contributed by atoms with Gasteiger partial charge in [-0.1, -0.05) is 78.1 Å². The molecule has 0 atom stereocenters. The third kappa shape index (κ3) is 21.1. The largest absolute Gasteiger partial charge is 0.328 e. The van der Waals surface area contributed by atoms with Gasteiger partial charge in [0.05, 0.1) is 47.8 Å². The minimum absolute atomic E-state index is 1.12. The standard InChI is InChI=1S/C27H61N3/c1-7-9-11-13-15-17-20-24-29(3,4)25-22-19-23-28-27-30(5,6)26-21-18-16-14-12-10-8-2/h28H,7-27H2,1-6H3/q+2. The quantitative estimate of drug-likeness (QED) is 0.105. The maximum Gasteiger partial charge on any atom is 0.132 e. The Morgan fingerprint density at radius 1 is 0.433 bits per heavy atom. The summed E-state index contributed by atoms with van der Waals surface area (Å²) in [4.78, 5) is 0. The molecule has 3 heteroatoms. The van der Waals surface area contributed by atoms with Crippen LogP contribution in [0.3, 0.4) is 0 Å². The molecular formula is C27H61N3+2. The molecule has 0 aliphatic heterocycles.